The lowest BCUT2D eigenvalue weighted by molar-refractivity contribution is -0.116. The fourth-order valence-corrected chi connectivity index (χ4v) is 2.81. The summed E-state index contributed by atoms with van der Waals surface area (Å²) >= 11 is 3.24. The highest BCUT2D eigenvalue weighted by Crippen LogP contribution is 2.25. The predicted molar refractivity (Wildman–Crippen MR) is 91.5 cm³/mol. The van der Waals surface area contributed by atoms with Gasteiger partial charge in [0, 0.05) is 10.2 Å². The first-order chi connectivity index (χ1) is 11.9. The molecule has 8 heteroatoms. The Kier molecular flexibility index (Phi) is 4.37. The zero-order valence-corrected chi connectivity index (χ0v) is 14.2. The van der Waals surface area contributed by atoms with Gasteiger partial charge >= 0.3 is 5.97 Å². The molecule has 126 valence electrons. The highest BCUT2D eigenvalue weighted by molar-refractivity contribution is 9.10. The molecule has 1 aliphatic rings. The number of aromatic carboxylic acids is 1. The summed E-state index contributed by atoms with van der Waals surface area (Å²) in [7, 11) is 0. The molecule has 0 fully saturated rings. The van der Waals surface area contributed by atoms with Gasteiger partial charge in [-0.05, 0) is 42.5 Å². The van der Waals surface area contributed by atoms with Crippen LogP contribution in [0.5, 0.6) is 0 Å². The molecule has 7 nitrogen and oxygen atoms in total. The molecule has 2 N–H and O–H groups in total. The minimum absolute atomic E-state index is 0.0870. The molecule has 0 aromatic heterocycles. The number of carbonyl (C=O) groups is 4. The second-order valence-corrected chi connectivity index (χ2v) is 6.23. The fraction of sp³-hybridized carbons (Fsp3) is 0.0588. The van der Waals surface area contributed by atoms with Crippen molar-refractivity contribution >= 4 is 45.3 Å². The highest BCUT2D eigenvalue weighted by Gasteiger charge is 2.36. The van der Waals surface area contributed by atoms with E-state index in [4.69, 9.17) is 5.11 Å². The monoisotopic (exact) mass is 402 g/mol. The van der Waals surface area contributed by atoms with Crippen LogP contribution in [0.4, 0.5) is 5.69 Å². The van der Waals surface area contributed by atoms with Crippen LogP contribution in [0.2, 0.25) is 0 Å². The zero-order valence-electron chi connectivity index (χ0n) is 12.7. The van der Waals surface area contributed by atoms with Crippen molar-refractivity contribution in [3.8, 4) is 0 Å². The van der Waals surface area contributed by atoms with E-state index in [0.717, 1.165) is 4.90 Å². The van der Waals surface area contributed by atoms with Crippen molar-refractivity contribution in [2.75, 3.05) is 11.9 Å². The van der Waals surface area contributed by atoms with Crippen molar-refractivity contribution in [1.82, 2.24) is 4.90 Å². The Morgan fingerprint density at radius 1 is 1.00 bits per heavy atom. The van der Waals surface area contributed by atoms with Crippen molar-refractivity contribution in [2.24, 2.45) is 0 Å². The van der Waals surface area contributed by atoms with Crippen molar-refractivity contribution < 1.29 is 24.3 Å². The first kappa shape index (κ1) is 16.8. The van der Waals surface area contributed by atoms with Crippen molar-refractivity contribution in [3.05, 3.63) is 63.6 Å². The fourth-order valence-electron chi connectivity index (χ4n) is 2.45. The summed E-state index contributed by atoms with van der Waals surface area (Å²) in [6.07, 6.45) is 0. The van der Waals surface area contributed by atoms with E-state index in [1.165, 1.54) is 36.4 Å². The minimum atomic E-state index is -1.07. The molecule has 3 rings (SSSR count). The Balaban J connectivity index is 1.70. The summed E-state index contributed by atoms with van der Waals surface area (Å²) in [6.45, 7) is -0.426. The van der Waals surface area contributed by atoms with Gasteiger partial charge in [0.05, 0.1) is 16.7 Å². The first-order valence-corrected chi connectivity index (χ1v) is 7.95. The molecule has 0 saturated heterocycles. The van der Waals surface area contributed by atoms with Gasteiger partial charge in [0.1, 0.15) is 6.54 Å². The Labute approximate surface area is 150 Å². The summed E-state index contributed by atoms with van der Waals surface area (Å²) < 4.78 is 0.664. The first-order valence-electron chi connectivity index (χ1n) is 7.16. The topological polar surface area (TPSA) is 104 Å². The summed E-state index contributed by atoms with van der Waals surface area (Å²) in [4.78, 5) is 48.4. The smallest absolute Gasteiger partial charge is 0.335 e. The second-order valence-electron chi connectivity index (χ2n) is 5.32. The van der Waals surface area contributed by atoms with E-state index in [1.807, 2.05) is 0 Å². The van der Waals surface area contributed by atoms with Gasteiger partial charge < -0.3 is 10.4 Å². The number of fused-ring (bicyclic) bond motifs is 1. The molecular formula is C17H11BrN2O5. The SMILES string of the molecule is O=C(CN1C(=O)c2ccc(Br)cc2C1=O)Nc1ccc(C(=O)O)cc1. The maximum Gasteiger partial charge on any atom is 0.335 e. The number of carbonyl (C=O) groups excluding carboxylic acids is 3. The van der Waals surface area contributed by atoms with Gasteiger partial charge in [-0.25, -0.2) is 4.79 Å². The number of carboxylic acids is 1. The van der Waals surface area contributed by atoms with E-state index < -0.39 is 30.2 Å². The molecule has 1 heterocycles. The number of imide groups is 1. The van der Waals surface area contributed by atoms with E-state index in [2.05, 4.69) is 21.2 Å². The quantitative estimate of drug-likeness (QED) is 0.763. The molecule has 0 saturated carbocycles. The number of halogens is 1. The summed E-state index contributed by atoms with van der Waals surface area (Å²) in [5.74, 6) is -2.69. The number of benzene rings is 2. The average Bonchev–Trinajstić information content (AvgIpc) is 2.80. The maximum absolute atomic E-state index is 12.3. The maximum atomic E-state index is 12.3. The van der Waals surface area contributed by atoms with Gasteiger partial charge in [-0.2, -0.15) is 0 Å². The van der Waals surface area contributed by atoms with Gasteiger partial charge in [-0.1, -0.05) is 15.9 Å². The van der Waals surface area contributed by atoms with Crippen molar-refractivity contribution in [2.45, 2.75) is 0 Å². The molecule has 0 spiro atoms. The molecule has 0 atom stereocenters. The normalized spacial score (nSPS) is 12.9. The standard InChI is InChI=1S/C17H11BrN2O5/c18-10-3-6-12-13(7-10)16(23)20(15(12)22)8-14(21)19-11-4-1-9(2-5-11)17(24)25/h1-7H,8H2,(H,19,21)(H,24,25). The lowest BCUT2D eigenvalue weighted by Gasteiger charge is -2.13. The number of rotatable bonds is 4. The van der Waals surface area contributed by atoms with E-state index in [-0.39, 0.29) is 16.7 Å². The van der Waals surface area contributed by atoms with Gasteiger partial charge in [0.15, 0.2) is 0 Å². The van der Waals surface area contributed by atoms with Crippen LogP contribution in [0, 0.1) is 0 Å². The third-order valence-corrected chi connectivity index (χ3v) is 4.14. The van der Waals surface area contributed by atoms with Gasteiger partial charge in [0.2, 0.25) is 5.91 Å². The second kappa shape index (κ2) is 6.48. The van der Waals surface area contributed by atoms with Gasteiger partial charge in [-0.15, -0.1) is 0 Å². The summed E-state index contributed by atoms with van der Waals surface area (Å²) in [6, 6.07) is 10.3. The highest BCUT2D eigenvalue weighted by atomic mass is 79.9. The van der Waals surface area contributed by atoms with E-state index in [0.29, 0.717) is 10.2 Å². The van der Waals surface area contributed by atoms with Crippen LogP contribution in [0.15, 0.2) is 46.9 Å². The van der Waals surface area contributed by atoms with Crippen LogP contribution in [0.25, 0.3) is 0 Å². The molecule has 1 aliphatic heterocycles. The average molecular weight is 403 g/mol. The molecule has 3 amide bonds. The summed E-state index contributed by atoms with van der Waals surface area (Å²) in [5, 5.41) is 11.4. The number of anilines is 1. The minimum Gasteiger partial charge on any atom is -0.478 e. The molecule has 0 radical (unpaired) electrons. The Morgan fingerprint density at radius 2 is 1.64 bits per heavy atom. The van der Waals surface area contributed by atoms with Crippen molar-refractivity contribution in [3.63, 3.8) is 0 Å². The number of hydrogen-bond donors (Lipinski definition) is 2. The number of amides is 3. The van der Waals surface area contributed by atoms with Crippen LogP contribution in [0.1, 0.15) is 31.1 Å². The van der Waals surface area contributed by atoms with Crippen LogP contribution < -0.4 is 5.32 Å². The summed E-state index contributed by atoms with van der Waals surface area (Å²) in [5.41, 5.74) is 0.961. The van der Waals surface area contributed by atoms with Crippen LogP contribution >= 0.6 is 15.9 Å². The number of nitrogens with zero attached hydrogens (tertiary/aromatic N) is 1. The largest absolute Gasteiger partial charge is 0.478 e. The lowest BCUT2D eigenvalue weighted by atomic mass is 10.1. The molecule has 0 unspecified atom stereocenters. The number of carboxylic acid groups (broad SMARTS) is 1. The van der Waals surface area contributed by atoms with E-state index in [9.17, 15) is 19.2 Å². The van der Waals surface area contributed by atoms with E-state index >= 15 is 0 Å². The van der Waals surface area contributed by atoms with Gasteiger partial charge in [0.25, 0.3) is 11.8 Å². The Hall–Kier alpha value is -3.00. The predicted octanol–water partition coefficient (Wildman–Crippen LogP) is 2.38. The van der Waals surface area contributed by atoms with Crippen LogP contribution in [-0.2, 0) is 4.79 Å². The molecule has 0 bridgehead atoms. The van der Waals surface area contributed by atoms with Crippen molar-refractivity contribution in [1.29, 1.82) is 0 Å². The molecule has 0 aliphatic carbocycles. The zero-order chi connectivity index (χ0) is 18.1. The third kappa shape index (κ3) is 3.29. The van der Waals surface area contributed by atoms with E-state index in [1.54, 1.807) is 6.07 Å². The number of hydrogen-bond acceptors (Lipinski definition) is 4. The van der Waals surface area contributed by atoms with Gasteiger partial charge in [-0.3, -0.25) is 19.3 Å². The molecule has 2 aromatic carbocycles. The lowest BCUT2D eigenvalue weighted by Crippen LogP contribution is -2.37. The molecular weight excluding hydrogens is 392 g/mol. The molecule has 2 aromatic rings. The third-order valence-electron chi connectivity index (χ3n) is 3.65. The Morgan fingerprint density at radius 3 is 2.28 bits per heavy atom. The van der Waals surface area contributed by atoms with Crippen LogP contribution in [-0.4, -0.2) is 40.2 Å². The van der Waals surface area contributed by atoms with Crippen LogP contribution in [0.3, 0.4) is 0 Å². The number of nitrogens with one attached hydrogen (secondary N) is 1. The molecule has 25 heavy (non-hydrogen) atoms. The Bertz CT molecular complexity index is 908.